The molecule has 5 nitrogen and oxygen atoms in total. The number of aliphatic carboxylic acids is 1. The highest BCUT2D eigenvalue weighted by atomic mass is 32.2. The average molecular weight is 295 g/mol. The van der Waals surface area contributed by atoms with Gasteiger partial charge in [-0.3, -0.25) is 4.79 Å². The lowest BCUT2D eigenvalue weighted by Gasteiger charge is -2.21. The van der Waals surface area contributed by atoms with Gasteiger partial charge in [0.25, 0.3) is 0 Å². The molecule has 6 heteroatoms. The van der Waals surface area contributed by atoms with Crippen molar-refractivity contribution in [1.29, 1.82) is 0 Å². The summed E-state index contributed by atoms with van der Waals surface area (Å²) in [6.45, 7) is 0.957. The number of carboxylic acid groups (broad SMARTS) is 1. The second kappa shape index (κ2) is 7.19. The van der Waals surface area contributed by atoms with Crippen molar-refractivity contribution in [3.8, 4) is 0 Å². The molecule has 0 saturated carbocycles. The van der Waals surface area contributed by atoms with Crippen LogP contribution < -0.4 is 0 Å². The van der Waals surface area contributed by atoms with Gasteiger partial charge in [0.15, 0.2) is 0 Å². The maximum absolute atomic E-state index is 12.0. The molecular formula is C14H17NO4S. The zero-order chi connectivity index (χ0) is 14.4. The number of carboxylic acids is 1. The summed E-state index contributed by atoms with van der Waals surface area (Å²) in [5.41, 5.74) is 0.917. The van der Waals surface area contributed by atoms with E-state index in [1.165, 1.54) is 4.90 Å². The van der Waals surface area contributed by atoms with Crippen LogP contribution in [0, 0.1) is 5.92 Å². The number of hydrogen-bond acceptors (Lipinski definition) is 4. The minimum absolute atomic E-state index is 0.209. The van der Waals surface area contributed by atoms with Crippen molar-refractivity contribution in [2.24, 2.45) is 5.92 Å². The predicted molar refractivity (Wildman–Crippen MR) is 76.7 cm³/mol. The Balaban J connectivity index is 1.89. The monoisotopic (exact) mass is 295 g/mol. The fraction of sp³-hybridized carbons (Fsp3) is 0.429. The smallest absolute Gasteiger partial charge is 0.410 e. The highest BCUT2D eigenvalue weighted by Gasteiger charge is 2.27. The molecule has 1 aliphatic rings. The van der Waals surface area contributed by atoms with E-state index < -0.39 is 18.0 Å². The van der Waals surface area contributed by atoms with Crippen LogP contribution in [0.3, 0.4) is 0 Å². The van der Waals surface area contributed by atoms with Gasteiger partial charge in [-0.05, 0) is 5.56 Å². The summed E-state index contributed by atoms with van der Waals surface area (Å²) >= 11 is 1.56. The van der Waals surface area contributed by atoms with Crippen LogP contribution >= 0.6 is 11.8 Å². The summed E-state index contributed by atoms with van der Waals surface area (Å²) in [7, 11) is 0. The largest absolute Gasteiger partial charge is 0.481 e. The van der Waals surface area contributed by atoms with Gasteiger partial charge in [0.2, 0.25) is 0 Å². The predicted octanol–water partition coefficient (Wildman–Crippen LogP) is 2.07. The third kappa shape index (κ3) is 4.16. The van der Waals surface area contributed by atoms with E-state index in [0.29, 0.717) is 12.3 Å². The Bertz CT molecular complexity index is 466. The second-order valence-corrected chi connectivity index (χ2v) is 5.75. The molecule has 1 aromatic carbocycles. The molecule has 1 atom stereocenters. The van der Waals surface area contributed by atoms with Crippen LogP contribution in [0.15, 0.2) is 30.3 Å². The van der Waals surface area contributed by atoms with Crippen LogP contribution in [0.5, 0.6) is 0 Å². The molecule has 0 aliphatic carbocycles. The van der Waals surface area contributed by atoms with Crippen LogP contribution in [-0.4, -0.2) is 46.7 Å². The van der Waals surface area contributed by atoms with E-state index in [0.717, 1.165) is 11.3 Å². The van der Waals surface area contributed by atoms with Crippen molar-refractivity contribution in [2.45, 2.75) is 6.61 Å². The summed E-state index contributed by atoms with van der Waals surface area (Å²) in [4.78, 5) is 24.5. The van der Waals surface area contributed by atoms with Crippen molar-refractivity contribution in [3.63, 3.8) is 0 Å². The Morgan fingerprint density at radius 2 is 2.10 bits per heavy atom. The number of thioether (sulfide) groups is 1. The maximum atomic E-state index is 12.0. The van der Waals surface area contributed by atoms with Gasteiger partial charge in [0, 0.05) is 24.6 Å². The van der Waals surface area contributed by atoms with Gasteiger partial charge in [-0.15, -0.1) is 0 Å². The molecule has 108 valence electrons. The number of carbonyl (C=O) groups excluding carboxylic acids is 1. The van der Waals surface area contributed by atoms with Gasteiger partial charge < -0.3 is 14.7 Å². The third-order valence-electron chi connectivity index (χ3n) is 3.08. The molecule has 20 heavy (non-hydrogen) atoms. The third-order valence-corrected chi connectivity index (χ3v) is 4.19. The van der Waals surface area contributed by atoms with Gasteiger partial charge in [0.05, 0.1) is 5.92 Å². The van der Waals surface area contributed by atoms with Gasteiger partial charge in [0.1, 0.15) is 6.61 Å². The van der Waals surface area contributed by atoms with Crippen LogP contribution in [0.25, 0.3) is 0 Å². The first kappa shape index (κ1) is 14.7. The Kier molecular flexibility index (Phi) is 5.29. The van der Waals surface area contributed by atoms with E-state index in [1.54, 1.807) is 11.8 Å². The summed E-state index contributed by atoms with van der Waals surface area (Å²) in [5.74, 6) is -0.103. The minimum atomic E-state index is -0.861. The van der Waals surface area contributed by atoms with E-state index in [1.807, 2.05) is 30.3 Å². The van der Waals surface area contributed by atoms with Gasteiger partial charge in [-0.2, -0.15) is 11.8 Å². The molecule has 0 bridgehead atoms. The Hall–Kier alpha value is -1.69. The molecule has 0 aromatic heterocycles. The van der Waals surface area contributed by atoms with Crippen LogP contribution in [0.1, 0.15) is 5.56 Å². The SMILES string of the molecule is O=C(O)C1CSCCN(C(=O)OCc2ccccc2)C1. The van der Waals surface area contributed by atoms with Crippen molar-refractivity contribution in [3.05, 3.63) is 35.9 Å². The van der Waals surface area contributed by atoms with Gasteiger partial charge in [-0.25, -0.2) is 4.79 Å². The van der Waals surface area contributed by atoms with Crippen LogP contribution in [0.4, 0.5) is 4.79 Å². The summed E-state index contributed by atoms with van der Waals surface area (Å²) in [5, 5.41) is 9.08. The first-order valence-corrected chi connectivity index (χ1v) is 7.58. The quantitative estimate of drug-likeness (QED) is 0.924. The van der Waals surface area contributed by atoms with Gasteiger partial charge in [-0.1, -0.05) is 30.3 Å². The van der Waals surface area contributed by atoms with Crippen LogP contribution in [-0.2, 0) is 16.1 Å². The topological polar surface area (TPSA) is 66.8 Å². The van der Waals surface area contributed by atoms with E-state index in [4.69, 9.17) is 9.84 Å². The number of carbonyl (C=O) groups is 2. The van der Waals surface area contributed by atoms with E-state index in [9.17, 15) is 9.59 Å². The summed E-state index contributed by atoms with van der Waals surface area (Å²) in [6, 6.07) is 9.42. The molecule has 2 rings (SSSR count). The van der Waals surface area contributed by atoms with Crippen molar-refractivity contribution >= 4 is 23.8 Å². The molecule has 1 N–H and O–H groups in total. The highest BCUT2D eigenvalue weighted by molar-refractivity contribution is 7.99. The molecule has 1 heterocycles. The van der Waals surface area contributed by atoms with Crippen molar-refractivity contribution in [2.75, 3.05) is 24.6 Å². The Morgan fingerprint density at radius 1 is 1.35 bits per heavy atom. The first-order valence-electron chi connectivity index (χ1n) is 6.43. The first-order chi connectivity index (χ1) is 9.66. The average Bonchev–Trinajstić information content (AvgIpc) is 2.72. The summed E-state index contributed by atoms with van der Waals surface area (Å²) < 4.78 is 5.24. The molecule has 1 amide bonds. The minimum Gasteiger partial charge on any atom is -0.481 e. The zero-order valence-corrected chi connectivity index (χ0v) is 11.8. The molecule has 1 unspecified atom stereocenters. The highest BCUT2D eigenvalue weighted by Crippen LogP contribution is 2.17. The standard InChI is InChI=1S/C14H17NO4S/c16-13(17)12-8-15(6-7-20-10-12)14(18)19-9-11-4-2-1-3-5-11/h1-5,12H,6-10H2,(H,16,17). The molecule has 1 saturated heterocycles. The van der Waals surface area contributed by atoms with Crippen molar-refractivity contribution < 1.29 is 19.4 Å². The van der Waals surface area contributed by atoms with Crippen molar-refractivity contribution in [1.82, 2.24) is 4.90 Å². The lowest BCUT2D eigenvalue weighted by molar-refractivity contribution is -0.141. The molecule has 0 radical (unpaired) electrons. The number of benzene rings is 1. The number of nitrogens with zero attached hydrogens (tertiary/aromatic N) is 1. The number of ether oxygens (including phenoxy) is 1. The molecule has 1 aliphatic heterocycles. The van der Waals surface area contributed by atoms with E-state index >= 15 is 0 Å². The van der Waals surface area contributed by atoms with Gasteiger partial charge >= 0.3 is 12.1 Å². The molecule has 1 fully saturated rings. The molecule has 0 spiro atoms. The molecule has 1 aromatic rings. The Morgan fingerprint density at radius 3 is 2.80 bits per heavy atom. The number of amides is 1. The lowest BCUT2D eigenvalue weighted by Crippen LogP contribution is -2.38. The maximum Gasteiger partial charge on any atom is 0.410 e. The fourth-order valence-electron chi connectivity index (χ4n) is 1.94. The fourth-order valence-corrected chi connectivity index (χ4v) is 2.98. The lowest BCUT2D eigenvalue weighted by atomic mass is 10.2. The normalized spacial score (nSPS) is 19.2. The van der Waals surface area contributed by atoms with E-state index in [2.05, 4.69) is 0 Å². The Labute approximate surface area is 121 Å². The summed E-state index contributed by atoms with van der Waals surface area (Å²) in [6.07, 6.45) is -0.442. The number of hydrogen-bond donors (Lipinski definition) is 1. The van der Waals surface area contributed by atoms with E-state index in [-0.39, 0.29) is 13.2 Å². The number of rotatable bonds is 3. The molecular weight excluding hydrogens is 278 g/mol. The second-order valence-electron chi connectivity index (χ2n) is 4.60. The van der Waals surface area contributed by atoms with Crippen LogP contribution in [0.2, 0.25) is 0 Å². The zero-order valence-electron chi connectivity index (χ0n) is 11.0.